The zero-order valence-corrected chi connectivity index (χ0v) is 12.2. The topological polar surface area (TPSA) is 12.0 Å². The number of fused-ring (bicyclic) bond motifs is 2. The highest BCUT2D eigenvalue weighted by atomic mass is 15.0. The summed E-state index contributed by atoms with van der Waals surface area (Å²) in [4.78, 5) is 0. The van der Waals surface area contributed by atoms with Gasteiger partial charge in [-0.15, -0.1) is 0 Å². The van der Waals surface area contributed by atoms with Crippen LogP contribution in [0.2, 0.25) is 0 Å². The van der Waals surface area contributed by atoms with Crippen LogP contribution in [0.5, 0.6) is 0 Å². The largest absolute Gasteiger partial charge is 0.311 e. The maximum absolute atomic E-state index is 3.98. The van der Waals surface area contributed by atoms with Crippen molar-refractivity contribution in [3.63, 3.8) is 0 Å². The molecule has 2 fully saturated rings. The summed E-state index contributed by atoms with van der Waals surface area (Å²) in [5, 5.41) is 3.98. The van der Waals surface area contributed by atoms with Crippen molar-refractivity contribution in [1.82, 2.24) is 5.32 Å². The smallest absolute Gasteiger partial charge is 0.00954 e. The molecule has 1 heteroatoms. The molecular weight excluding hydrogens is 218 g/mol. The molecule has 102 valence electrons. The lowest BCUT2D eigenvalue weighted by atomic mass is 9.78. The van der Waals surface area contributed by atoms with Crippen LogP contribution in [0.15, 0.2) is 12.2 Å². The van der Waals surface area contributed by atoms with Crippen LogP contribution in [0.25, 0.3) is 0 Å². The van der Waals surface area contributed by atoms with Crippen LogP contribution < -0.4 is 5.32 Å². The number of rotatable bonds is 3. The summed E-state index contributed by atoms with van der Waals surface area (Å²) in [5.74, 6) is 4.51. The fourth-order valence-corrected chi connectivity index (χ4v) is 4.77. The standard InChI is InChI=1S/C17H29N/c1-11-4-7-17(12(2)8-11)18-13(3)16-10-14-5-6-15(16)9-14/h5-6,11-18H,4,7-10H2,1-3H3. The molecule has 18 heavy (non-hydrogen) atoms. The molecule has 0 spiro atoms. The third-order valence-electron chi connectivity index (χ3n) is 5.88. The summed E-state index contributed by atoms with van der Waals surface area (Å²) >= 11 is 0. The Kier molecular flexibility index (Phi) is 3.53. The van der Waals surface area contributed by atoms with Crippen molar-refractivity contribution >= 4 is 0 Å². The lowest BCUT2D eigenvalue weighted by Gasteiger charge is -2.37. The van der Waals surface area contributed by atoms with Gasteiger partial charge in [-0.05, 0) is 68.6 Å². The summed E-state index contributed by atoms with van der Waals surface area (Å²) in [6.07, 6.45) is 12.1. The van der Waals surface area contributed by atoms with Crippen LogP contribution in [0.4, 0.5) is 0 Å². The molecule has 1 N–H and O–H groups in total. The Bertz CT molecular complexity index is 322. The molecule has 7 unspecified atom stereocenters. The summed E-state index contributed by atoms with van der Waals surface area (Å²) in [6.45, 7) is 7.29. The fourth-order valence-electron chi connectivity index (χ4n) is 4.77. The Balaban J connectivity index is 1.55. The van der Waals surface area contributed by atoms with E-state index in [1.807, 2.05) is 0 Å². The van der Waals surface area contributed by atoms with E-state index in [1.54, 1.807) is 0 Å². The van der Waals surface area contributed by atoms with E-state index in [4.69, 9.17) is 0 Å². The lowest BCUT2D eigenvalue weighted by Crippen LogP contribution is -2.47. The van der Waals surface area contributed by atoms with Crippen LogP contribution in [-0.2, 0) is 0 Å². The quantitative estimate of drug-likeness (QED) is 0.743. The molecule has 0 aromatic carbocycles. The number of nitrogens with one attached hydrogen (secondary N) is 1. The van der Waals surface area contributed by atoms with E-state index >= 15 is 0 Å². The molecule has 3 aliphatic carbocycles. The average molecular weight is 247 g/mol. The van der Waals surface area contributed by atoms with Gasteiger partial charge in [-0.3, -0.25) is 0 Å². The van der Waals surface area contributed by atoms with Crippen molar-refractivity contribution in [2.45, 2.75) is 65.0 Å². The molecule has 7 atom stereocenters. The molecule has 0 radical (unpaired) electrons. The molecule has 0 amide bonds. The fraction of sp³-hybridized carbons (Fsp3) is 0.882. The van der Waals surface area contributed by atoms with Gasteiger partial charge in [-0.2, -0.15) is 0 Å². The van der Waals surface area contributed by atoms with Gasteiger partial charge < -0.3 is 5.32 Å². The Morgan fingerprint density at radius 1 is 1.06 bits per heavy atom. The van der Waals surface area contributed by atoms with Crippen molar-refractivity contribution < 1.29 is 0 Å². The molecular formula is C17H29N. The second-order valence-corrected chi connectivity index (χ2v) is 7.40. The van der Waals surface area contributed by atoms with Crippen LogP contribution in [0.1, 0.15) is 52.9 Å². The molecule has 2 saturated carbocycles. The minimum atomic E-state index is 0.714. The highest BCUT2D eigenvalue weighted by Gasteiger charge is 2.39. The van der Waals surface area contributed by atoms with Gasteiger partial charge in [0.15, 0.2) is 0 Å². The first-order chi connectivity index (χ1) is 8.63. The van der Waals surface area contributed by atoms with Crippen molar-refractivity contribution in [3.8, 4) is 0 Å². The minimum absolute atomic E-state index is 0.714. The van der Waals surface area contributed by atoms with Crippen LogP contribution in [-0.4, -0.2) is 12.1 Å². The highest BCUT2D eigenvalue weighted by Crippen LogP contribution is 2.45. The first-order valence-electron chi connectivity index (χ1n) is 8.08. The second kappa shape index (κ2) is 5.00. The van der Waals surface area contributed by atoms with E-state index in [2.05, 4.69) is 38.2 Å². The van der Waals surface area contributed by atoms with Crippen molar-refractivity contribution in [1.29, 1.82) is 0 Å². The van der Waals surface area contributed by atoms with Crippen LogP contribution >= 0.6 is 0 Å². The van der Waals surface area contributed by atoms with Gasteiger partial charge in [-0.1, -0.05) is 26.0 Å². The third-order valence-corrected chi connectivity index (χ3v) is 5.88. The van der Waals surface area contributed by atoms with Gasteiger partial charge in [-0.25, -0.2) is 0 Å². The van der Waals surface area contributed by atoms with Gasteiger partial charge in [0.05, 0.1) is 0 Å². The van der Waals surface area contributed by atoms with E-state index < -0.39 is 0 Å². The van der Waals surface area contributed by atoms with Gasteiger partial charge in [0, 0.05) is 12.1 Å². The maximum atomic E-state index is 3.98. The molecule has 1 nitrogen and oxygen atoms in total. The second-order valence-electron chi connectivity index (χ2n) is 7.40. The Morgan fingerprint density at radius 3 is 2.50 bits per heavy atom. The predicted octanol–water partition coefficient (Wildman–Crippen LogP) is 4.00. The van der Waals surface area contributed by atoms with E-state index in [1.165, 1.54) is 32.1 Å². The van der Waals surface area contributed by atoms with E-state index in [9.17, 15) is 0 Å². The summed E-state index contributed by atoms with van der Waals surface area (Å²) in [5.41, 5.74) is 0. The SMILES string of the molecule is CC1CCC(NC(C)C2CC3C=CC2C3)C(C)C1. The Hall–Kier alpha value is -0.300. The highest BCUT2D eigenvalue weighted by molar-refractivity contribution is 5.11. The minimum Gasteiger partial charge on any atom is -0.311 e. The zero-order valence-electron chi connectivity index (χ0n) is 12.2. The van der Waals surface area contributed by atoms with E-state index in [0.717, 1.165) is 35.6 Å². The van der Waals surface area contributed by atoms with Crippen LogP contribution in [0, 0.1) is 29.6 Å². The van der Waals surface area contributed by atoms with Gasteiger partial charge in [0.25, 0.3) is 0 Å². The molecule has 0 heterocycles. The van der Waals surface area contributed by atoms with Crippen molar-refractivity contribution in [2.75, 3.05) is 0 Å². The third kappa shape index (κ3) is 2.39. The first kappa shape index (κ1) is 12.7. The molecule has 2 bridgehead atoms. The van der Waals surface area contributed by atoms with E-state index in [0.29, 0.717) is 6.04 Å². The number of hydrogen-bond donors (Lipinski definition) is 1. The lowest BCUT2D eigenvalue weighted by molar-refractivity contribution is 0.191. The summed E-state index contributed by atoms with van der Waals surface area (Å²) < 4.78 is 0. The normalized spacial score (nSPS) is 48.6. The maximum Gasteiger partial charge on any atom is 0.00954 e. The first-order valence-corrected chi connectivity index (χ1v) is 8.08. The van der Waals surface area contributed by atoms with Crippen molar-refractivity contribution in [2.24, 2.45) is 29.6 Å². The average Bonchev–Trinajstić information content (AvgIpc) is 2.94. The molecule has 3 aliphatic rings. The van der Waals surface area contributed by atoms with Gasteiger partial charge >= 0.3 is 0 Å². The summed E-state index contributed by atoms with van der Waals surface area (Å²) in [6, 6.07) is 1.49. The molecule has 0 aromatic rings. The number of allylic oxidation sites excluding steroid dienone is 2. The Morgan fingerprint density at radius 2 is 1.89 bits per heavy atom. The van der Waals surface area contributed by atoms with Gasteiger partial charge in [0.2, 0.25) is 0 Å². The Labute approximate surface area is 112 Å². The van der Waals surface area contributed by atoms with Crippen LogP contribution in [0.3, 0.4) is 0 Å². The number of hydrogen-bond acceptors (Lipinski definition) is 1. The summed E-state index contributed by atoms with van der Waals surface area (Å²) in [7, 11) is 0. The monoisotopic (exact) mass is 247 g/mol. The molecule has 3 rings (SSSR count). The molecule has 0 aliphatic heterocycles. The van der Waals surface area contributed by atoms with Gasteiger partial charge in [0.1, 0.15) is 0 Å². The predicted molar refractivity (Wildman–Crippen MR) is 77.4 cm³/mol. The van der Waals surface area contributed by atoms with Crippen molar-refractivity contribution in [3.05, 3.63) is 12.2 Å². The zero-order chi connectivity index (χ0) is 12.7. The van der Waals surface area contributed by atoms with E-state index in [-0.39, 0.29) is 0 Å². The molecule has 0 aromatic heterocycles. The molecule has 0 saturated heterocycles.